The maximum absolute atomic E-state index is 6.43. The number of rotatable bonds is 0. The largest absolute Gasteiger partial charge is 0.493 e. The van der Waals surface area contributed by atoms with E-state index >= 15 is 0 Å². The molecule has 4 heteroatoms. The number of hydrogen-bond acceptors (Lipinski definition) is 3. The van der Waals surface area contributed by atoms with Crippen LogP contribution in [0.3, 0.4) is 0 Å². The second kappa shape index (κ2) is 3.83. The van der Waals surface area contributed by atoms with Crippen LogP contribution in [0.5, 0.6) is 0 Å². The van der Waals surface area contributed by atoms with Gasteiger partial charge in [0.1, 0.15) is 12.2 Å². The first-order chi connectivity index (χ1) is 7.67. The molecule has 0 aromatic rings. The van der Waals surface area contributed by atoms with Crippen molar-refractivity contribution < 1.29 is 13.6 Å². The van der Waals surface area contributed by atoms with Gasteiger partial charge in [0.15, 0.2) is 0 Å². The second-order valence-corrected chi connectivity index (χ2v) is 11.8. The molecular weight excluding hydrogens is 232 g/mol. The Morgan fingerprint density at radius 3 is 2.18 bits per heavy atom. The lowest BCUT2D eigenvalue weighted by molar-refractivity contribution is -0.0444. The monoisotopic (exact) mass is 256 g/mol. The van der Waals surface area contributed by atoms with Crippen molar-refractivity contribution in [1.82, 2.24) is 0 Å². The molecule has 17 heavy (non-hydrogen) atoms. The third-order valence-electron chi connectivity index (χ3n) is 3.62. The van der Waals surface area contributed by atoms with Gasteiger partial charge in [-0.2, -0.15) is 0 Å². The zero-order valence-electron chi connectivity index (χ0n) is 11.7. The van der Waals surface area contributed by atoms with E-state index in [0.717, 1.165) is 0 Å². The Kier molecular flexibility index (Phi) is 2.96. The maximum Gasteiger partial charge on any atom is 0.350 e. The molecule has 2 rings (SSSR count). The minimum Gasteiger partial charge on any atom is -0.493 e. The summed E-state index contributed by atoms with van der Waals surface area (Å²) in [6.45, 7) is 14.0. The lowest BCUT2D eigenvalue weighted by Crippen LogP contribution is -2.64. The highest BCUT2D eigenvalue weighted by atomic mass is 28.4. The van der Waals surface area contributed by atoms with Crippen LogP contribution in [0.2, 0.25) is 10.1 Å². The molecule has 2 atom stereocenters. The summed E-state index contributed by atoms with van der Waals surface area (Å²) in [5.41, 5.74) is 0. The summed E-state index contributed by atoms with van der Waals surface area (Å²) < 4.78 is 18.2. The van der Waals surface area contributed by atoms with E-state index in [-0.39, 0.29) is 22.3 Å². The van der Waals surface area contributed by atoms with Gasteiger partial charge in [-0.25, -0.2) is 0 Å². The third-order valence-corrected chi connectivity index (χ3v) is 8.74. The van der Waals surface area contributed by atoms with Crippen molar-refractivity contribution in [3.05, 3.63) is 12.3 Å². The molecule has 0 N–H and O–H groups in total. The van der Waals surface area contributed by atoms with E-state index in [1.165, 1.54) is 0 Å². The molecule has 0 unspecified atom stereocenters. The van der Waals surface area contributed by atoms with E-state index in [1.54, 1.807) is 6.26 Å². The first kappa shape index (κ1) is 13.1. The fourth-order valence-electron chi connectivity index (χ4n) is 3.01. The standard InChI is InChI=1S/C13H24O3Si/c1-12(2,3)17(13(4,5)6)15-9-11-10(16-17)7-8-14-11/h7-8,10-11H,9H2,1-6H3/t10-,11+/m0/s1. The molecule has 2 aliphatic rings. The SMILES string of the molecule is CC(C)(C)[Si]1(C(C)(C)C)OC[C@H]2OC=C[C@@H]2O1. The molecule has 0 saturated carbocycles. The summed E-state index contributed by atoms with van der Waals surface area (Å²) in [6.07, 6.45) is 3.90. The van der Waals surface area contributed by atoms with Crippen molar-refractivity contribution >= 4 is 8.56 Å². The maximum atomic E-state index is 6.43. The van der Waals surface area contributed by atoms with E-state index in [4.69, 9.17) is 13.6 Å². The highest BCUT2D eigenvalue weighted by molar-refractivity contribution is 6.73. The third kappa shape index (κ3) is 1.96. The first-order valence-electron chi connectivity index (χ1n) is 6.31. The van der Waals surface area contributed by atoms with Crippen LogP contribution in [0.25, 0.3) is 0 Å². The van der Waals surface area contributed by atoms with E-state index < -0.39 is 8.56 Å². The molecule has 2 heterocycles. The molecule has 0 amide bonds. The molecule has 1 saturated heterocycles. The molecular formula is C13H24O3Si. The number of fused-ring (bicyclic) bond motifs is 1. The van der Waals surface area contributed by atoms with Crippen molar-refractivity contribution in [2.75, 3.05) is 6.61 Å². The Labute approximate surface area is 105 Å². The van der Waals surface area contributed by atoms with Crippen molar-refractivity contribution in [1.29, 1.82) is 0 Å². The first-order valence-corrected chi connectivity index (χ1v) is 8.13. The molecule has 0 bridgehead atoms. The predicted molar refractivity (Wildman–Crippen MR) is 70.0 cm³/mol. The lowest BCUT2D eigenvalue weighted by Gasteiger charge is -2.53. The van der Waals surface area contributed by atoms with E-state index in [2.05, 4.69) is 41.5 Å². The highest BCUT2D eigenvalue weighted by Gasteiger charge is 2.62. The van der Waals surface area contributed by atoms with Crippen LogP contribution in [0.1, 0.15) is 41.5 Å². The number of ether oxygens (including phenoxy) is 1. The van der Waals surface area contributed by atoms with Gasteiger partial charge in [0.2, 0.25) is 0 Å². The van der Waals surface area contributed by atoms with Gasteiger partial charge in [0.05, 0.1) is 12.9 Å². The van der Waals surface area contributed by atoms with E-state index in [1.807, 2.05) is 6.08 Å². The van der Waals surface area contributed by atoms with Gasteiger partial charge in [-0.15, -0.1) is 0 Å². The minimum atomic E-state index is -2.30. The van der Waals surface area contributed by atoms with Gasteiger partial charge in [0.25, 0.3) is 0 Å². The zero-order chi connectivity index (χ0) is 12.9. The summed E-state index contributed by atoms with van der Waals surface area (Å²) >= 11 is 0. The second-order valence-electron chi connectivity index (χ2n) is 7.01. The molecule has 3 nitrogen and oxygen atoms in total. The highest BCUT2D eigenvalue weighted by Crippen LogP contribution is 2.54. The summed E-state index contributed by atoms with van der Waals surface area (Å²) in [4.78, 5) is 0. The molecule has 0 aromatic carbocycles. The zero-order valence-corrected chi connectivity index (χ0v) is 12.7. The Morgan fingerprint density at radius 2 is 1.65 bits per heavy atom. The normalized spacial score (nSPS) is 32.1. The van der Waals surface area contributed by atoms with E-state index in [0.29, 0.717) is 6.61 Å². The van der Waals surface area contributed by atoms with Crippen molar-refractivity contribution in [2.45, 2.75) is 63.8 Å². The summed E-state index contributed by atoms with van der Waals surface area (Å²) in [5, 5.41) is 0.0965. The fraction of sp³-hybridized carbons (Fsp3) is 0.846. The fourth-order valence-corrected chi connectivity index (χ4v) is 7.91. The predicted octanol–water partition coefficient (Wildman–Crippen LogP) is 3.36. The molecule has 0 aromatic heterocycles. The van der Waals surface area contributed by atoms with Gasteiger partial charge < -0.3 is 13.6 Å². The van der Waals surface area contributed by atoms with Crippen LogP contribution < -0.4 is 0 Å². The van der Waals surface area contributed by atoms with Crippen LogP contribution in [-0.2, 0) is 13.6 Å². The molecule has 1 fully saturated rings. The van der Waals surface area contributed by atoms with Crippen molar-refractivity contribution in [2.24, 2.45) is 0 Å². The summed E-state index contributed by atoms with van der Waals surface area (Å²) in [7, 11) is -2.30. The van der Waals surface area contributed by atoms with Crippen LogP contribution in [0, 0.1) is 0 Å². The van der Waals surface area contributed by atoms with Crippen LogP contribution >= 0.6 is 0 Å². The molecule has 2 aliphatic heterocycles. The molecule has 0 aliphatic carbocycles. The summed E-state index contributed by atoms with van der Waals surface area (Å²) in [6, 6.07) is 0. The number of hydrogen-bond donors (Lipinski definition) is 0. The van der Waals surface area contributed by atoms with Crippen molar-refractivity contribution in [3.8, 4) is 0 Å². The Bertz CT molecular complexity index is 311. The van der Waals surface area contributed by atoms with Crippen LogP contribution in [0.4, 0.5) is 0 Å². The van der Waals surface area contributed by atoms with Gasteiger partial charge in [-0.3, -0.25) is 0 Å². The average molecular weight is 256 g/mol. The van der Waals surface area contributed by atoms with Gasteiger partial charge in [0, 0.05) is 10.1 Å². The Hall–Kier alpha value is -0.323. The molecule has 98 valence electrons. The Balaban J connectivity index is 2.33. The average Bonchev–Trinajstić information content (AvgIpc) is 2.59. The van der Waals surface area contributed by atoms with Crippen molar-refractivity contribution in [3.63, 3.8) is 0 Å². The topological polar surface area (TPSA) is 27.7 Å². The lowest BCUT2D eigenvalue weighted by atomic mass is 10.2. The van der Waals surface area contributed by atoms with Gasteiger partial charge in [-0.05, 0) is 6.08 Å². The molecule has 0 spiro atoms. The molecule has 0 radical (unpaired) electrons. The summed E-state index contributed by atoms with van der Waals surface area (Å²) in [5.74, 6) is 0. The minimum absolute atomic E-state index is 0.0483. The smallest absolute Gasteiger partial charge is 0.350 e. The van der Waals surface area contributed by atoms with E-state index in [9.17, 15) is 0 Å². The van der Waals surface area contributed by atoms with Crippen LogP contribution in [0.15, 0.2) is 12.3 Å². The quantitative estimate of drug-likeness (QED) is 0.622. The Morgan fingerprint density at radius 1 is 1.06 bits per heavy atom. The van der Waals surface area contributed by atoms with Gasteiger partial charge in [-0.1, -0.05) is 41.5 Å². The van der Waals surface area contributed by atoms with Crippen LogP contribution in [-0.4, -0.2) is 27.4 Å². The van der Waals surface area contributed by atoms with Gasteiger partial charge >= 0.3 is 8.56 Å².